The largest absolute Gasteiger partial charge is 0.481 e. The first-order valence-electron chi connectivity index (χ1n) is 9.08. The minimum absolute atomic E-state index is 0.201. The average Bonchev–Trinajstić information content (AvgIpc) is 2.72. The monoisotopic (exact) mass is 425 g/mol. The molecule has 0 saturated carbocycles. The number of hydrogen-bond donors (Lipinski definition) is 1. The molecule has 0 aliphatic carbocycles. The number of amides is 1. The van der Waals surface area contributed by atoms with Gasteiger partial charge in [0.2, 0.25) is 0 Å². The van der Waals surface area contributed by atoms with E-state index in [0.717, 1.165) is 11.1 Å². The van der Waals surface area contributed by atoms with Crippen LogP contribution in [0.4, 0.5) is 0 Å². The van der Waals surface area contributed by atoms with Crippen molar-refractivity contribution >= 4 is 35.1 Å². The lowest BCUT2D eigenvalue weighted by Crippen LogP contribution is -2.44. The molecule has 146 valence electrons. The summed E-state index contributed by atoms with van der Waals surface area (Å²) >= 11 is 12.0. The summed E-state index contributed by atoms with van der Waals surface area (Å²) in [5.74, 6) is -2.07. The number of carboxylic acids is 1. The Bertz CT molecular complexity index is 1060. The lowest BCUT2D eigenvalue weighted by Gasteiger charge is -2.41. The highest BCUT2D eigenvalue weighted by molar-refractivity contribution is 6.30. The van der Waals surface area contributed by atoms with Crippen LogP contribution in [0.2, 0.25) is 10.0 Å². The fourth-order valence-corrected chi connectivity index (χ4v) is 4.10. The van der Waals surface area contributed by atoms with Gasteiger partial charge in [0, 0.05) is 22.2 Å². The Morgan fingerprint density at radius 1 is 0.897 bits per heavy atom. The second kappa shape index (κ2) is 7.90. The van der Waals surface area contributed by atoms with Crippen LogP contribution in [0, 0.1) is 0 Å². The van der Waals surface area contributed by atoms with Gasteiger partial charge in [-0.15, -0.1) is 0 Å². The van der Waals surface area contributed by atoms with E-state index < -0.39 is 17.9 Å². The predicted molar refractivity (Wildman–Crippen MR) is 112 cm³/mol. The normalized spacial score (nSPS) is 18.4. The van der Waals surface area contributed by atoms with E-state index in [0.29, 0.717) is 21.2 Å². The fraction of sp³-hybridized carbons (Fsp3) is 0.130. The zero-order valence-electron chi connectivity index (χ0n) is 15.3. The Balaban J connectivity index is 1.87. The number of nitrogens with zero attached hydrogens (tertiary/aromatic N) is 1. The van der Waals surface area contributed by atoms with Gasteiger partial charge in [0.15, 0.2) is 0 Å². The number of aliphatic carboxylic acids is 1. The summed E-state index contributed by atoms with van der Waals surface area (Å²) < 4.78 is 0. The maximum absolute atomic E-state index is 13.4. The van der Waals surface area contributed by atoms with Crippen molar-refractivity contribution in [1.29, 1.82) is 0 Å². The van der Waals surface area contributed by atoms with Gasteiger partial charge in [-0.1, -0.05) is 65.7 Å². The van der Waals surface area contributed by atoms with Crippen molar-refractivity contribution < 1.29 is 14.7 Å². The van der Waals surface area contributed by atoms with Crippen molar-refractivity contribution in [2.75, 3.05) is 0 Å². The van der Waals surface area contributed by atoms with Gasteiger partial charge < -0.3 is 10.0 Å². The Labute approximate surface area is 178 Å². The average molecular weight is 426 g/mol. The fourth-order valence-electron chi connectivity index (χ4n) is 3.85. The second-order valence-corrected chi connectivity index (χ2v) is 7.83. The molecule has 1 aliphatic heterocycles. The minimum atomic E-state index is -0.981. The summed E-state index contributed by atoms with van der Waals surface area (Å²) in [7, 11) is 0. The van der Waals surface area contributed by atoms with Crippen molar-refractivity contribution in [2.24, 2.45) is 0 Å². The molecule has 3 aromatic rings. The molecular formula is C23H17Cl2NO3. The maximum Gasteiger partial charge on any atom is 0.313 e. The van der Waals surface area contributed by atoms with Crippen LogP contribution in [-0.4, -0.2) is 21.9 Å². The van der Waals surface area contributed by atoms with Gasteiger partial charge in [-0.25, -0.2) is 0 Å². The van der Waals surface area contributed by atoms with E-state index in [-0.39, 0.29) is 12.5 Å². The van der Waals surface area contributed by atoms with Gasteiger partial charge in [0.05, 0.1) is 6.04 Å². The van der Waals surface area contributed by atoms with Crippen molar-refractivity contribution in [3.05, 3.63) is 105 Å². The van der Waals surface area contributed by atoms with Crippen molar-refractivity contribution in [2.45, 2.75) is 18.5 Å². The van der Waals surface area contributed by atoms with Gasteiger partial charge in [-0.3, -0.25) is 9.59 Å². The molecule has 0 unspecified atom stereocenters. The van der Waals surface area contributed by atoms with Gasteiger partial charge in [-0.05, 0) is 47.0 Å². The van der Waals surface area contributed by atoms with Crippen molar-refractivity contribution in [3.63, 3.8) is 0 Å². The van der Waals surface area contributed by atoms with Gasteiger partial charge in [-0.2, -0.15) is 0 Å². The Hall–Kier alpha value is -2.82. The summed E-state index contributed by atoms with van der Waals surface area (Å²) in [5.41, 5.74) is 2.53. The summed E-state index contributed by atoms with van der Waals surface area (Å²) in [6.07, 6.45) is 0. The molecule has 0 aromatic heterocycles. The molecule has 0 spiro atoms. The zero-order chi connectivity index (χ0) is 20.5. The van der Waals surface area contributed by atoms with Crippen LogP contribution in [0.1, 0.15) is 39.0 Å². The van der Waals surface area contributed by atoms with Crippen LogP contribution in [0.5, 0.6) is 0 Å². The molecule has 29 heavy (non-hydrogen) atoms. The van der Waals surface area contributed by atoms with Crippen LogP contribution in [0.25, 0.3) is 0 Å². The highest BCUT2D eigenvalue weighted by atomic mass is 35.5. The quantitative estimate of drug-likeness (QED) is 0.595. The number of fused-ring (bicyclic) bond motifs is 1. The molecule has 3 aromatic carbocycles. The number of carbonyl (C=O) groups excluding carboxylic acids is 1. The van der Waals surface area contributed by atoms with E-state index >= 15 is 0 Å². The van der Waals surface area contributed by atoms with E-state index in [9.17, 15) is 14.7 Å². The number of rotatable bonds is 4. The molecule has 0 saturated heterocycles. The first-order valence-corrected chi connectivity index (χ1v) is 9.84. The number of halogens is 2. The van der Waals surface area contributed by atoms with E-state index in [4.69, 9.17) is 23.2 Å². The maximum atomic E-state index is 13.4. The topological polar surface area (TPSA) is 57.6 Å². The molecule has 4 nitrogen and oxygen atoms in total. The number of benzene rings is 3. The first-order chi connectivity index (χ1) is 14.0. The van der Waals surface area contributed by atoms with Crippen LogP contribution >= 0.6 is 23.2 Å². The van der Waals surface area contributed by atoms with Crippen LogP contribution in [0.3, 0.4) is 0 Å². The smallest absolute Gasteiger partial charge is 0.313 e. The lowest BCUT2D eigenvalue weighted by molar-refractivity contribution is -0.140. The summed E-state index contributed by atoms with van der Waals surface area (Å²) in [6.45, 7) is 0.265. The molecule has 2 atom stereocenters. The van der Waals surface area contributed by atoms with Gasteiger partial charge in [0.25, 0.3) is 5.91 Å². The minimum Gasteiger partial charge on any atom is -0.481 e. The lowest BCUT2D eigenvalue weighted by atomic mass is 9.79. The van der Waals surface area contributed by atoms with Crippen LogP contribution < -0.4 is 0 Å². The van der Waals surface area contributed by atoms with E-state index in [1.54, 1.807) is 65.6 Å². The molecule has 0 radical (unpaired) electrons. The molecule has 1 amide bonds. The molecular weight excluding hydrogens is 409 g/mol. The Morgan fingerprint density at radius 3 is 2.10 bits per heavy atom. The molecule has 6 heteroatoms. The summed E-state index contributed by atoms with van der Waals surface area (Å²) in [4.78, 5) is 27.3. The number of hydrogen-bond acceptors (Lipinski definition) is 2. The molecule has 1 aliphatic rings. The third-order valence-electron chi connectivity index (χ3n) is 5.18. The highest BCUT2D eigenvalue weighted by Gasteiger charge is 2.44. The van der Waals surface area contributed by atoms with Crippen molar-refractivity contribution in [3.8, 4) is 0 Å². The van der Waals surface area contributed by atoms with Crippen molar-refractivity contribution in [1.82, 2.24) is 4.90 Å². The summed E-state index contributed by atoms with van der Waals surface area (Å²) in [6, 6.07) is 20.4. The standard InChI is InChI=1S/C23H17Cl2NO3/c24-16-9-5-14(6-10-16)13-26-21(15-7-11-17(25)12-8-15)20(23(28)29)18-3-1-2-4-19(18)22(26)27/h1-12,20-21H,13H2,(H,28,29)/t20-,21+/m1/s1. The molecule has 4 rings (SSSR count). The molecule has 0 fully saturated rings. The van der Waals surface area contributed by atoms with E-state index in [1.165, 1.54) is 0 Å². The first kappa shape index (κ1) is 19.5. The Morgan fingerprint density at radius 2 is 1.48 bits per heavy atom. The third-order valence-corrected chi connectivity index (χ3v) is 5.69. The SMILES string of the molecule is O=C(O)[C@@H]1c2ccccc2C(=O)N(Cc2ccc(Cl)cc2)[C@H]1c1ccc(Cl)cc1. The molecule has 1 N–H and O–H groups in total. The molecule has 0 bridgehead atoms. The van der Waals surface area contributed by atoms with Gasteiger partial charge in [0.1, 0.15) is 5.92 Å². The Kier molecular flexibility index (Phi) is 5.31. The summed E-state index contributed by atoms with van der Waals surface area (Å²) in [5, 5.41) is 11.2. The predicted octanol–water partition coefficient (Wildman–Crippen LogP) is 5.56. The number of carbonyl (C=O) groups is 2. The van der Waals surface area contributed by atoms with E-state index in [1.807, 2.05) is 12.1 Å². The molecule has 1 heterocycles. The second-order valence-electron chi connectivity index (χ2n) is 6.96. The third kappa shape index (κ3) is 3.74. The van der Waals surface area contributed by atoms with Gasteiger partial charge >= 0.3 is 5.97 Å². The number of carboxylic acid groups (broad SMARTS) is 1. The highest BCUT2D eigenvalue weighted by Crippen LogP contribution is 2.43. The zero-order valence-corrected chi connectivity index (χ0v) is 16.8. The van der Waals surface area contributed by atoms with Crippen LogP contribution in [-0.2, 0) is 11.3 Å². The van der Waals surface area contributed by atoms with Crippen LogP contribution in [0.15, 0.2) is 72.8 Å². The van der Waals surface area contributed by atoms with E-state index in [2.05, 4.69) is 0 Å².